The summed E-state index contributed by atoms with van der Waals surface area (Å²) in [5.74, 6) is -0.0470. The summed E-state index contributed by atoms with van der Waals surface area (Å²) in [6, 6.07) is 12.0. The molecule has 0 bridgehead atoms. The van der Waals surface area contributed by atoms with Crippen LogP contribution in [-0.4, -0.2) is 27.5 Å². The average Bonchev–Trinajstić information content (AvgIpc) is 2.66. The van der Waals surface area contributed by atoms with Crippen LogP contribution in [0.5, 0.6) is 5.75 Å². The number of ether oxygens (including phenoxy) is 1. The number of benzene rings is 2. The second-order valence-corrected chi connectivity index (χ2v) is 8.57. The third-order valence-corrected chi connectivity index (χ3v) is 5.76. The molecule has 0 radical (unpaired) electrons. The van der Waals surface area contributed by atoms with Crippen molar-refractivity contribution >= 4 is 27.5 Å². The molecule has 152 valence electrons. The molecule has 0 aliphatic carbocycles. The molecule has 6 nitrogen and oxygen atoms in total. The van der Waals surface area contributed by atoms with Crippen LogP contribution < -0.4 is 14.8 Å². The quantitative estimate of drug-likeness (QED) is 0.572. The Morgan fingerprint density at radius 2 is 1.86 bits per heavy atom. The Morgan fingerprint density at radius 1 is 1.14 bits per heavy atom. The fraction of sp³-hybridized carbons (Fsp3) is 0.350. The molecule has 2 aromatic rings. The highest BCUT2D eigenvalue weighted by Gasteiger charge is 2.16. The van der Waals surface area contributed by atoms with E-state index in [0.717, 1.165) is 24.0 Å². The molecule has 2 N–H and O–H groups in total. The van der Waals surface area contributed by atoms with Crippen LogP contribution in [-0.2, 0) is 21.4 Å². The van der Waals surface area contributed by atoms with Gasteiger partial charge < -0.3 is 10.1 Å². The topological polar surface area (TPSA) is 84.5 Å². The van der Waals surface area contributed by atoms with Crippen LogP contribution in [0.15, 0.2) is 47.4 Å². The van der Waals surface area contributed by atoms with Crippen LogP contribution in [0.1, 0.15) is 30.9 Å². The zero-order valence-corrected chi connectivity index (χ0v) is 17.6. The first-order valence-electron chi connectivity index (χ1n) is 9.06. The first-order valence-corrected chi connectivity index (χ1v) is 10.9. The van der Waals surface area contributed by atoms with Crippen molar-refractivity contribution < 1.29 is 17.9 Å². The van der Waals surface area contributed by atoms with Gasteiger partial charge in [0.2, 0.25) is 10.0 Å². The van der Waals surface area contributed by atoms with Gasteiger partial charge in [-0.15, -0.1) is 0 Å². The second-order valence-electron chi connectivity index (χ2n) is 6.39. The third kappa shape index (κ3) is 6.82. The smallest absolute Gasteiger partial charge is 0.258 e. The zero-order chi connectivity index (χ0) is 20.6. The molecule has 0 saturated carbocycles. The van der Waals surface area contributed by atoms with Crippen LogP contribution in [0.2, 0.25) is 5.02 Å². The monoisotopic (exact) mass is 424 g/mol. The van der Waals surface area contributed by atoms with E-state index in [9.17, 15) is 13.2 Å². The highest BCUT2D eigenvalue weighted by Crippen LogP contribution is 2.27. The maximum Gasteiger partial charge on any atom is 0.258 e. The molecule has 0 fully saturated rings. The van der Waals surface area contributed by atoms with Crippen molar-refractivity contribution in [3.63, 3.8) is 0 Å². The molecule has 0 spiro atoms. The summed E-state index contributed by atoms with van der Waals surface area (Å²) in [5, 5.41) is 2.89. The van der Waals surface area contributed by atoms with Gasteiger partial charge in [-0.05, 0) is 37.1 Å². The molecule has 0 aromatic heterocycles. The molecule has 0 aliphatic heterocycles. The Bertz CT molecular complexity index is 899. The number of hydrogen-bond acceptors (Lipinski definition) is 4. The van der Waals surface area contributed by atoms with E-state index in [-0.39, 0.29) is 28.2 Å². The predicted octanol–water partition coefficient (Wildman–Crippen LogP) is 3.42. The molecule has 0 aliphatic rings. The van der Waals surface area contributed by atoms with E-state index in [4.69, 9.17) is 16.3 Å². The summed E-state index contributed by atoms with van der Waals surface area (Å²) < 4.78 is 32.3. The molecule has 8 heteroatoms. The zero-order valence-electron chi connectivity index (χ0n) is 16.0. The van der Waals surface area contributed by atoms with Crippen LogP contribution in [0, 0.1) is 6.92 Å². The number of unbranched alkanes of at least 4 members (excludes halogenated alkanes) is 1. The van der Waals surface area contributed by atoms with Gasteiger partial charge in [0.05, 0.1) is 9.92 Å². The van der Waals surface area contributed by atoms with Crippen LogP contribution >= 0.6 is 11.6 Å². The Kier molecular flexibility index (Phi) is 8.29. The molecule has 2 rings (SSSR count). The number of aryl methyl sites for hydroxylation is 1. The number of carbonyl (C=O) groups is 1. The summed E-state index contributed by atoms with van der Waals surface area (Å²) in [4.78, 5) is 12.0. The molecular weight excluding hydrogens is 400 g/mol. The van der Waals surface area contributed by atoms with Crippen LogP contribution in [0.4, 0.5) is 0 Å². The third-order valence-electron chi connectivity index (χ3n) is 4.01. The van der Waals surface area contributed by atoms with Gasteiger partial charge in [0.1, 0.15) is 5.75 Å². The molecule has 0 atom stereocenters. The Labute approximate surface area is 171 Å². The maximum atomic E-state index is 12.2. The van der Waals surface area contributed by atoms with Crippen molar-refractivity contribution in [3.8, 4) is 5.75 Å². The van der Waals surface area contributed by atoms with Crippen molar-refractivity contribution in [2.75, 3.05) is 13.2 Å². The predicted molar refractivity (Wildman–Crippen MR) is 110 cm³/mol. The summed E-state index contributed by atoms with van der Waals surface area (Å²) in [7, 11) is -3.61. The molecule has 2 aromatic carbocycles. The molecular formula is C20H25ClN2O4S. The highest BCUT2D eigenvalue weighted by atomic mass is 35.5. The van der Waals surface area contributed by atoms with E-state index in [2.05, 4.69) is 10.0 Å². The van der Waals surface area contributed by atoms with E-state index in [0.29, 0.717) is 13.1 Å². The van der Waals surface area contributed by atoms with E-state index < -0.39 is 10.0 Å². The van der Waals surface area contributed by atoms with Crippen LogP contribution in [0.25, 0.3) is 0 Å². The van der Waals surface area contributed by atoms with Gasteiger partial charge in [-0.1, -0.05) is 54.8 Å². The maximum absolute atomic E-state index is 12.2. The first-order chi connectivity index (χ1) is 13.3. The lowest BCUT2D eigenvalue weighted by atomic mass is 10.1. The van der Waals surface area contributed by atoms with Gasteiger partial charge >= 0.3 is 0 Å². The molecule has 0 unspecified atom stereocenters. The summed E-state index contributed by atoms with van der Waals surface area (Å²) in [6.07, 6.45) is 1.65. The molecule has 1 amide bonds. The van der Waals surface area contributed by atoms with Gasteiger partial charge in [-0.25, -0.2) is 13.1 Å². The van der Waals surface area contributed by atoms with Crippen molar-refractivity contribution in [1.29, 1.82) is 0 Å². The summed E-state index contributed by atoms with van der Waals surface area (Å²) in [5.41, 5.74) is 2.14. The number of sulfonamides is 1. The van der Waals surface area contributed by atoms with Crippen molar-refractivity contribution in [1.82, 2.24) is 10.0 Å². The Morgan fingerprint density at radius 3 is 2.50 bits per heavy atom. The number of amides is 1. The average molecular weight is 425 g/mol. The van der Waals surface area contributed by atoms with Crippen LogP contribution in [0.3, 0.4) is 0 Å². The van der Waals surface area contributed by atoms with Gasteiger partial charge in [-0.2, -0.15) is 0 Å². The number of halogens is 1. The summed E-state index contributed by atoms with van der Waals surface area (Å²) in [6.45, 7) is 4.53. The number of carbonyl (C=O) groups excluding carboxylic acids is 1. The minimum absolute atomic E-state index is 0.0600. The Balaban J connectivity index is 1.88. The van der Waals surface area contributed by atoms with Gasteiger partial charge in [0.25, 0.3) is 5.91 Å². The van der Waals surface area contributed by atoms with E-state index in [1.54, 1.807) is 0 Å². The number of hydrogen-bond donors (Lipinski definition) is 2. The van der Waals surface area contributed by atoms with Gasteiger partial charge in [0, 0.05) is 13.1 Å². The molecule has 28 heavy (non-hydrogen) atoms. The summed E-state index contributed by atoms with van der Waals surface area (Å²) >= 11 is 6.12. The lowest BCUT2D eigenvalue weighted by molar-refractivity contribution is -0.123. The number of rotatable bonds is 10. The lowest BCUT2D eigenvalue weighted by Crippen LogP contribution is -2.28. The molecule has 0 saturated heterocycles. The highest BCUT2D eigenvalue weighted by molar-refractivity contribution is 7.89. The fourth-order valence-electron chi connectivity index (χ4n) is 2.33. The minimum atomic E-state index is -3.61. The van der Waals surface area contributed by atoms with Crippen molar-refractivity contribution in [3.05, 3.63) is 58.6 Å². The number of nitrogens with one attached hydrogen (secondary N) is 2. The largest absolute Gasteiger partial charge is 0.482 e. The van der Waals surface area contributed by atoms with Gasteiger partial charge in [-0.3, -0.25) is 4.79 Å². The Hall–Kier alpha value is -2.09. The normalized spacial score (nSPS) is 11.2. The van der Waals surface area contributed by atoms with E-state index in [1.807, 2.05) is 38.1 Å². The second kappa shape index (κ2) is 10.5. The van der Waals surface area contributed by atoms with Crippen molar-refractivity contribution in [2.24, 2.45) is 0 Å². The SMILES string of the molecule is CCCCNS(=O)(=O)c1ccc(OCC(=O)NCc2ccc(C)cc2)c(Cl)c1. The van der Waals surface area contributed by atoms with E-state index in [1.165, 1.54) is 18.2 Å². The fourth-order valence-corrected chi connectivity index (χ4v) is 3.73. The van der Waals surface area contributed by atoms with Crippen molar-refractivity contribution in [2.45, 2.75) is 38.1 Å². The standard InChI is InChI=1S/C20H25ClN2O4S/c1-3-4-11-23-28(25,26)17-9-10-19(18(21)12-17)27-14-20(24)22-13-16-7-5-15(2)6-8-16/h5-10,12,23H,3-4,11,13-14H2,1-2H3,(H,22,24). The molecule has 0 heterocycles. The minimum Gasteiger partial charge on any atom is -0.482 e. The van der Waals surface area contributed by atoms with E-state index >= 15 is 0 Å². The first kappa shape index (κ1) is 22.2. The van der Waals surface area contributed by atoms with Gasteiger partial charge in [0.15, 0.2) is 6.61 Å². The lowest BCUT2D eigenvalue weighted by Gasteiger charge is -2.11.